The summed E-state index contributed by atoms with van der Waals surface area (Å²) in [4.78, 5) is 29.6. The molecule has 0 aliphatic carbocycles. The smallest absolute Gasteiger partial charge is 0.354 e. The molecule has 46 heavy (non-hydrogen) atoms. The van der Waals surface area contributed by atoms with E-state index in [0.717, 1.165) is 38.9 Å². The third-order valence-corrected chi connectivity index (χ3v) is 9.23. The van der Waals surface area contributed by atoms with E-state index in [1.54, 1.807) is 0 Å². The molecule has 1 saturated heterocycles. The zero-order chi connectivity index (χ0) is 31.3. The van der Waals surface area contributed by atoms with Gasteiger partial charge in [0, 0.05) is 22.3 Å². The Balaban J connectivity index is 1.52. The van der Waals surface area contributed by atoms with Crippen molar-refractivity contribution < 1.29 is 14.5 Å². The molecule has 0 aromatic heterocycles. The fourth-order valence-electron chi connectivity index (χ4n) is 7.10. The predicted octanol–water partition coefficient (Wildman–Crippen LogP) is 7.94. The molecule has 0 radical (unpaired) electrons. The van der Waals surface area contributed by atoms with Crippen LogP contribution in [0.4, 0.5) is 0 Å². The molecule has 5 aromatic rings. The highest BCUT2D eigenvalue weighted by Gasteiger charge is 2.76. The van der Waals surface area contributed by atoms with E-state index < -0.39 is 23.2 Å². The fraction of sp³-hybridized carbons (Fsp3) is 0.125. The Morgan fingerprint density at radius 2 is 1.24 bits per heavy atom. The van der Waals surface area contributed by atoms with Crippen LogP contribution in [0.2, 0.25) is 0 Å². The molecule has 1 spiro atoms. The minimum absolute atomic E-state index is 0.462. The summed E-state index contributed by atoms with van der Waals surface area (Å²) in [5, 5.41) is 9.40. The monoisotopic (exact) mass is 601 g/mol. The molecule has 5 aromatic carbocycles. The number of benzene rings is 5. The average Bonchev–Trinajstić information content (AvgIpc) is 3.73. The van der Waals surface area contributed by atoms with Crippen molar-refractivity contribution in [2.24, 2.45) is 15.7 Å². The first-order valence-electron chi connectivity index (χ1n) is 15.4. The lowest BCUT2D eigenvalue weighted by Crippen LogP contribution is -2.45. The highest BCUT2D eigenvalue weighted by Crippen LogP contribution is 2.67. The Kier molecular flexibility index (Phi) is 6.46. The summed E-state index contributed by atoms with van der Waals surface area (Å²) in [6.07, 6.45) is 2.07. The lowest BCUT2D eigenvalue weighted by atomic mass is 9.66. The quantitative estimate of drug-likeness (QED) is 0.192. The molecule has 0 bridgehead atoms. The van der Waals surface area contributed by atoms with Gasteiger partial charge in [-0.05, 0) is 31.1 Å². The van der Waals surface area contributed by atoms with E-state index in [2.05, 4.69) is 78.5 Å². The summed E-state index contributed by atoms with van der Waals surface area (Å²) < 4.78 is 0. The van der Waals surface area contributed by atoms with E-state index in [0.29, 0.717) is 17.1 Å². The number of carbonyl (C=O) groups excluding carboxylic acids is 1. The van der Waals surface area contributed by atoms with E-state index in [-0.39, 0.29) is 0 Å². The highest BCUT2D eigenvalue weighted by atomic mass is 16.7. The predicted molar refractivity (Wildman–Crippen MR) is 179 cm³/mol. The maximum absolute atomic E-state index is 14.8. The Morgan fingerprint density at radius 1 is 0.674 bits per heavy atom. The third kappa shape index (κ3) is 4.00. The molecule has 3 aliphatic rings. The van der Waals surface area contributed by atoms with Gasteiger partial charge in [-0.3, -0.25) is 4.90 Å². The standard InChI is InChI=1S/C40H31N3O3/c1-27-18-22-29(23-19-27)26-34-39(35(41-45-38(39)44)30-12-6-3-7-13-30)36(31-24-20-28(2)21-25-31)43-37(32-14-8-4-9-15-32)42-46-40(34,43)33-16-10-5-11-17-33/h3-26,36H,1-2H3/b34-26+/t36-,39+,40+/m1/s1. The Labute approximate surface area is 267 Å². The van der Waals surface area contributed by atoms with Gasteiger partial charge in [0.25, 0.3) is 5.72 Å². The largest absolute Gasteiger partial charge is 0.355 e. The molecule has 0 amide bonds. The molecular formula is C40H31N3O3. The van der Waals surface area contributed by atoms with Crippen LogP contribution in [0.5, 0.6) is 0 Å². The Morgan fingerprint density at radius 3 is 1.87 bits per heavy atom. The van der Waals surface area contributed by atoms with Crippen molar-refractivity contribution in [3.8, 4) is 0 Å². The molecule has 224 valence electrons. The summed E-state index contributed by atoms with van der Waals surface area (Å²) in [6.45, 7) is 4.12. The Hall–Kier alpha value is -5.75. The first-order valence-corrected chi connectivity index (χ1v) is 15.4. The maximum atomic E-state index is 14.8. The summed E-state index contributed by atoms with van der Waals surface area (Å²) in [7, 11) is 0. The lowest BCUT2D eigenvalue weighted by Gasteiger charge is -2.35. The topological polar surface area (TPSA) is 63.5 Å². The first kappa shape index (κ1) is 27.8. The zero-order valence-corrected chi connectivity index (χ0v) is 25.5. The number of nitrogens with zero attached hydrogens (tertiary/aromatic N) is 3. The van der Waals surface area contributed by atoms with Gasteiger partial charge in [-0.25, -0.2) is 4.79 Å². The molecule has 3 atom stereocenters. The van der Waals surface area contributed by atoms with Gasteiger partial charge in [0.05, 0.1) is 6.04 Å². The number of fused-ring (bicyclic) bond motifs is 1. The number of hydrogen-bond acceptors (Lipinski definition) is 6. The van der Waals surface area contributed by atoms with E-state index in [1.807, 2.05) is 91.0 Å². The highest BCUT2D eigenvalue weighted by molar-refractivity contribution is 6.23. The minimum atomic E-state index is -1.41. The number of amidine groups is 1. The van der Waals surface area contributed by atoms with Gasteiger partial charge < -0.3 is 9.68 Å². The second-order valence-electron chi connectivity index (χ2n) is 12.0. The van der Waals surface area contributed by atoms with Crippen LogP contribution < -0.4 is 0 Å². The van der Waals surface area contributed by atoms with Gasteiger partial charge in [0.15, 0.2) is 11.3 Å². The normalized spacial score (nSPS) is 24.0. The van der Waals surface area contributed by atoms with Crippen molar-refractivity contribution >= 4 is 23.6 Å². The second-order valence-corrected chi connectivity index (χ2v) is 12.0. The third-order valence-electron chi connectivity index (χ3n) is 9.23. The molecule has 3 aliphatic heterocycles. The molecular weight excluding hydrogens is 570 g/mol. The van der Waals surface area contributed by atoms with Crippen LogP contribution in [0.15, 0.2) is 155 Å². The van der Waals surface area contributed by atoms with E-state index in [1.165, 1.54) is 0 Å². The van der Waals surface area contributed by atoms with Crippen molar-refractivity contribution in [3.63, 3.8) is 0 Å². The summed E-state index contributed by atoms with van der Waals surface area (Å²) in [6, 6.07) is 45.7. The summed E-state index contributed by atoms with van der Waals surface area (Å²) in [5.41, 5.74) is 5.07. The number of hydrogen-bond donors (Lipinski definition) is 0. The van der Waals surface area contributed by atoms with Gasteiger partial charge >= 0.3 is 5.97 Å². The number of oxime groups is 2. The molecule has 6 heteroatoms. The van der Waals surface area contributed by atoms with Gasteiger partial charge in [-0.2, -0.15) is 0 Å². The summed E-state index contributed by atoms with van der Waals surface area (Å²) in [5.74, 6) is 0.157. The van der Waals surface area contributed by atoms with Crippen molar-refractivity contribution in [3.05, 3.63) is 184 Å². The first-order chi connectivity index (χ1) is 22.5. The molecule has 6 nitrogen and oxygen atoms in total. The fourth-order valence-corrected chi connectivity index (χ4v) is 7.10. The number of aryl methyl sites for hydroxylation is 2. The lowest BCUT2D eigenvalue weighted by molar-refractivity contribution is -0.147. The number of carbonyl (C=O) groups is 1. The molecule has 0 unspecified atom stereocenters. The Bertz CT molecular complexity index is 2020. The molecule has 0 saturated carbocycles. The van der Waals surface area contributed by atoms with Crippen molar-refractivity contribution in [1.82, 2.24) is 4.90 Å². The summed E-state index contributed by atoms with van der Waals surface area (Å²) >= 11 is 0. The van der Waals surface area contributed by atoms with Crippen LogP contribution in [-0.2, 0) is 20.2 Å². The average molecular weight is 602 g/mol. The molecule has 3 heterocycles. The molecule has 0 N–H and O–H groups in total. The van der Waals surface area contributed by atoms with Crippen LogP contribution in [0, 0.1) is 19.3 Å². The SMILES string of the molecule is Cc1ccc(/C=C2\[C@@]3(C(=O)ON=C3c3ccccc3)[C@@H](c3ccc(C)cc3)N3C(c4ccccc4)=NO[C@@]23c2ccccc2)cc1. The van der Waals surface area contributed by atoms with Gasteiger partial charge in [-0.15, -0.1) is 0 Å². The van der Waals surface area contributed by atoms with Crippen molar-refractivity contribution in [2.45, 2.75) is 25.6 Å². The van der Waals surface area contributed by atoms with Crippen LogP contribution in [-0.4, -0.2) is 22.4 Å². The van der Waals surface area contributed by atoms with Crippen LogP contribution in [0.1, 0.15) is 45.0 Å². The number of rotatable bonds is 5. The maximum Gasteiger partial charge on any atom is 0.354 e. The minimum Gasteiger partial charge on any atom is -0.355 e. The van der Waals surface area contributed by atoms with Crippen LogP contribution >= 0.6 is 0 Å². The van der Waals surface area contributed by atoms with Crippen LogP contribution in [0.3, 0.4) is 0 Å². The van der Waals surface area contributed by atoms with E-state index in [9.17, 15) is 4.79 Å². The van der Waals surface area contributed by atoms with Crippen LogP contribution in [0.25, 0.3) is 6.08 Å². The second kappa shape index (κ2) is 10.7. The van der Waals surface area contributed by atoms with Gasteiger partial charge in [0.1, 0.15) is 5.71 Å². The van der Waals surface area contributed by atoms with Gasteiger partial charge in [0.2, 0.25) is 0 Å². The van der Waals surface area contributed by atoms with Crippen molar-refractivity contribution in [2.75, 3.05) is 0 Å². The molecule has 8 rings (SSSR count). The van der Waals surface area contributed by atoms with Crippen molar-refractivity contribution in [1.29, 1.82) is 0 Å². The molecule has 1 fully saturated rings. The van der Waals surface area contributed by atoms with E-state index >= 15 is 0 Å². The van der Waals surface area contributed by atoms with Gasteiger partial charge in [-0.1, -0.05) is 161 Å². The van der Waals surface area contributed by atoms with E-state index in [4.69, 9.17) is 14.8 Å². The zero-order valence-electron chi connectivity index (χ0n) is 25.5.